The van der Waals surface area contributed by atoms with Crippen LogP contribution in [-0.4, -0.2) is 8.42 Å². The Labute approximate surface area is 121 Å². The number of nitrogens with two attached hydrogens (primary N) is 1. The molecule has 0 aliphatic heterocycles. The number of hydrogen-bond acceptors (Lipinski definition) is 3. The molecule has 19 heavy (non-hydrogen) atoms. The van der Waals surface area contributed by atoms with Crippen LogP contribution in [0, 0.1) is 0 Å². The van der Waals surface area contributed by atoms with E-state index in [1.807, 2.05) is 0 Å². The van der Waals surface area contributed by atoms with Gasteiger partial charge in [0.15, 0.2) is 9.84 Å². The van der Waals surface area contributed by atoms with Gasteiger partial charge in [-0.25, -0.2) is 8.42 Å². The Kier molecular flexibility index (Phi) is 4.04. The first-order chi connectivity index (χ1) is 8.88. The third-order valence-corrected chi connectivity index (χ3v) is 4.93. The van der Waals surface area contributed by atoms with Gasteiger partial charge in [0.05, 0.1) is 15.7 Å². The smallest absolute Gasteiger partial charge is 0.184 e. The van der Waals surface area contributed by atoms with Crippen molar-refractivity contribution in [3.63, 3.8) is 0 Å². The van der Waals surface area contributed by atoms with E-state index in [1.165, 1.54) is 12.1 Å². The van der Waals surface area contributed by atoms with Crippen molar-refractivity contribution in [2.75, 3.05) is 5.73 Å². The molecule has 0 spiro atoms. The third kappa shape index (κ3) is 3.41. The van der Waals surface area contributed by atoms with Gasteiger partial charge in [-0.2, -0.15) is 0 Å². The summed E-state index contributed by atoms with van der Waals surface area (Å²) in [5.74, 6) is -0.170. The number of nitrogen functional groups attached to an aromatic ring is 1. The van der Waals surface area contributed by atoms with E-state index < -0.39 is 9.84 Å². The molecular weight excluding hydrogens is 305 g/mol. The molecule has 0 unspecified atom stereocenters. The minimum Gasteiger partial charge on any atom is -0.399 e. The monoisotopic (exact) mass is 315 g/mol. The highest BCUT2D eigenvalue weighted by Crippen LogP contribution is 2.27. The number of hydrogen-bond donors (Lipinski definition) is 1. The number of rotatable bonds is 3. The Hall–Kier alpha value is -1.23. The Balaban J connectivity index is 2.40. The van der Waals surface area contributed by atoms with Crippen LogP contribution in [0.4, 0.5) is 5.69 Å². The normalized spacial score (nSPS) is 11.5. The largest absolute Gasteiger partial charge is 0.399 e. The molecule has 100 valence electrons. The van der Waals surface area contributed by atoms with E-state index in [9.17, 15) is 8.42 Å². The van der Waals surface area contributed by atoms with E-state index in [4.69, 9.17) is 28.9 Å². The zero-order valence-electron chi connectivity index (χ0n) is 9.81. The molecule has 3 nitrogen and oxygen atoms in total. The first-order valence-corrected chi connectivity index (χ1v) is 7.81. The molecule has 0 fully saturated rings. The first kappa shape index (κ1) is 14.2. The van der Waals surface area contributed by atoms with Gasteiger partial charge in [0, 0.05) is 10.7 Å². The summed E-state index contributed by atoms with van der Waals surface area (Å²) in [5.41, 5.74) is 6.56. The number of benzene rings is 2. The second kappa shape index (κ2) is 5.41. The van der Waals surface area contributed by atoms with Crippen molar-refractivity contribution in [1.29, 1.82) is 0 Å². The van der Waals surface area contributed by atoms with Crippen LogP contribution in [-0.2, 0) is 15.6 Å². The van der Waals surface area contributed by atoms with Gasteiger partial charge in [0.2, 0.25) is 0 Å². The number of anilines is 1. The highest BCUT2D eigenvalue weighted by atomic mass is 35.5. The fourth-order valence-corrected chi connectivity index (χ4v) is 3.82. The minimum atomic E-state index is -3.55. The summed E-state index contributed by atoms with van der Waals surface area (Å²) >= 11 is 11.8. The summed E-state index contributed by atoms with van der Waals surface area (Å²) in [6, 6.07) is 11.1. The molecule has 0 bridgehead atoms. The van der Waals surface area contributed by atoms with Gasteiger partial charge in [-0.1, -0.05) is 35.3 Å². The van der Waals surface area contributed by atoms with Crippen molar-refractivity contribution in [3.05, 3.63) is 58.1 Å². The van der Waals surface area contributed by atoms with E-state index >= 15 is 0 Å². The van der Waals surface area contributed by atoms with Crippen molar-refractivity contribution in [3.8, 4) is 0 Å². The van der Waals surface area contributed by atoms with Crippen LogP contribution >= 0.6 is 23.2 Å². The lowest BCUT2D eigenvalue weighted by Gasteiger charge is -2.08. The lowest BCUT2D eigenvalue weighted by atomic mass is 10.2. The van der Waals surface area contributed by atoms with Crippen molar-refractivity contribution >= 4 is 38.7 Å². The van der Waals surface area contributed by atoms with Gasteiger partial charge in [-0.05, 0) is 35.9 Å². The maximum absolute atomic E-state index is 12.3. The van der Waals surface area contributed by atoms with Gasteiger partial charge < -0.3 is 5.73 Å². The topological polar surface area (TPSA) is 60.2 Å². The second-order valence-electron chi connectivity index (χ2n) is 4.08. The fraction of sp³-hybridized carbons (Fsp3) is 0.0769. The summed E-state index contributed by atoms with van der Waals surface area (Å²) in [7, 11) is -3.55. The molecule has 2 aromatic carbocycles. The van der Waals surface area contributed by atoms with Crippen LogP contribution in [0.3, 0.4) is 0 Å². The van der Waals surface area contributed by atoms with E-state index in [2.05, 4.69) is 0 Å². The van der Waals surface area contributed by atoms with Crippen molar-refractivity contribution < 1.29 is 8.42 Å². The van der Waals surface area contributed by atoms with Crippen LogP contribution in [0.1, 0.15) is 5.56 Å². The first-order valence-electron chi connectivity index (χ1n) is 5.41. The van der Waals surface area contributed by atoms with Crippen LogP contribution in [0.25, 0.3) is 0 Å². The van der Waals surface area contributed by atoms with Gasteiger partial charge >= 0.3 is 0 Å². The van der Waals surface area contributed by atoms with E-state index in [0.29, 0.717) is 16.3 Å². The average Bonchev–Trinajstić information content (AvgIpc) is 2.31. The zero-order valence-corrected chi connectivity index (χ0v) is 12.1. The molecule has 0 aromatic heterocycles. The van der Waals surface area contributed by atoms with E-state index in [-0.39, 0.29) is 15.7 Å². The van der Waals surface area contributed by atoms with Gasteiger partial charge in [0.1, 0.15) is 0 Å². The molecule has 0 aliphatic carbocycles. The molecule has 2 rings (SSSR count). The molecular formula is C13H11Cl2NO2S. The lowest BCUT2D eigenvalue weighted by molar-refractivity contribution is 0.595. The van der Waals surface area contributed by atoms with Gasteiger partial charge in [-0.15, -0.1) is 0 Å². The highest BCUT2D eigenvalue weighted by molar-refractivity contribution is 7.90. The van der Waals surface area contributed by atoms with Gasteiger partial charge in [0.25, 0.3) is 0 Å². The van der Waals surface area contributed by atoms with Crippen LogP contribution in [0.15, 0.2) is 47.4 Å². The molecule has 0 amide bonds. The quantitative estimate of drug-likeness (QED) is 0.881. The van der Waals surface area contributed by atoms with E-state index in [0.717, 1.165) is 0 Å². The summed E-state index contributed by atoms with van der Waals surface area (Å²) in [4.78, 5) is 0.0362. The minimum absolute atomic E-state index is 0.0362. The van der Waals surface area contributed by atoms with Crippen molar-refractivity contribution in [1.82, 2.24) is 0 Å². The molecule has 0 saturated carbocycles. The summed E-state index contributed by atoms with van der Waals surface area (Å²) in [6.07, 6.45) is 0. The maximum Gasteiger partial charge on any atom is 0.184 e. The molecule has 0 saturated heterocycles. The number of sulfone groups is 1. The highest BCUT2D eigenvalue weighted by Gasteiger charge is 2.19. The van der Waals surface area contributed by atoms with E-state index in [1.54, 1.807) is 30.3 Å². The summed E-state index contributed by atoms with van der Waals surface area (Å²) in [6.45, 7) is 0. The Morgan fingerprint density at radius 1 is 1.05 bits per heavy atom. The summed E-state index contributed by atoms with van der Waals surface area (Å²) in [5, 5.41) is 0.655. The molecule has 0 heterocycles. The molecule has 2 N–H and O–H groups in total. The number of halogens is 2. The van der Waals surface area contributed by atoms with Crippen LogP contribution in [0.2, 0.25) is 10.0 Å². The maximum atomic E-state index is 12.3. The summed E-state index contributed by atoms with van der Waals surface area (Å²) < 4.78 is 24.6. The Morgan fingerprint density at radius 2 is 1.79 bits per heavy atom. The zero-order chi connectivity index (χ0) is 14.0. The molecule has 0 aliphatic rings. The standard InChI is InChI=1S/C13H11Cl2NO2S/c14-10-3-1-2-9(6-10)8-19(17,18)13-7-11(16)4-5-12(13)15/h1-7H,8,16H2. The second-order valence-corrected chi connectivity index (χ2v) is 6.88. The van der Waals surface area contributed by atoms with Crippen molar-refractivity contribution in [2.24, 2.45) is 0 Å². The average molecular weight is 316 g/mol. The molecule has 6 heteroatoms. The predicted molar refractivity (Wildman–Crippen MR) is 78.2 cm³/mol. The van der Waals surface area contributed by atoms with Gasteiger partial charge in [-0.3, -0.25) is 0 Å². The molecule has 0 atom stereocenters. The lowest BCUT2D eigenvalue weighted by Crippen LogP contribution is -2.06. The Morgan fingerprint density at radius 3 is 2.47 bits per heavy atom. The SMILES string of the molecule is Nc1ccc(Cl)c(S(=O)(=O)Cc2cccc(Cl)c2)c1. The third-order valence-electron chi connectivity index (χ3n) is 2.54. The molecule has 0 radical (unpaired) electrons. The van der Waals surface area contributed by atoms with Crippen LogP contribution in [0.5, 0.6) is 0 Å². The predicted octanol–water partition coefficient (Wildman–Crippen LogP) is 3.55. The Bertz CT molecular complexity index is 714. The fourth-order valence-electron chi connectivity index (χ4n) is 1.68. The van der Waals surface area contributed by atoms with Crippen LogP contribution < -0.4 is 5.73 Å². The van der Waals surface area contributed by atoms with Crippen molar-refractivity contribution in [2.45, 2.75) is 10.6 Å². The molecule has 2 aromatic rings.